The van der Waals surface area contributed by atoms with Crippen LogP contribution >= 0.6 is 0 Å². The molecule has 0 aliphatic carbocycles. The number of methoxy groups -OCH3 is 2. The zero-order chi connectivity index (χ0) is 16.2. The van der Waals surface area contributed by atoms with Gasteiger partial charge in [-0.05, 0) is 30.3 Å². The van der Waals surface area contributed by atoms with Gasteiger partial charge in [-0.2, -0.15) is 0 Å². The Bertz CT molecular complexity index is 768. The van der Waals surface area contributed by atoms with Gasteiger partial charge in [0.2, 0.25) is 5.95 Å². The van der Waals surface area contributed by atoms with E-state index in [4.69, 9.17) is 15.2 Å². The monoisotopic (exact) mass is 307 g/mol. The van der Waals surface area contributed by atoms with E-state index < -0.39 is 0 Å². The maximum absolute atomic E-state index is 5.89. The number of hydrogen-bond acceptors (Lipinski definition) is 5. The molecule has 0 saturated carbocycles. The minimum absolute atomic E-state index is 0.225. The molecule has 1 heterocycles. The van der Waals surface area contributed by atoms with E-state index in [-0.39, 0.29) is 5.95 Å². The van der Waals surface area contributed by atoms with Gasteiger partial charge in [0, 0.05) is 11.1 Å². The highest BCUT2D eigenvalue weighted by Gasteiger charge is 2.08. The van der Waals surface area contributed by atoms with Crippen LogP contribution in [0.15, 0.2) is 54.6 Å². The van der Waals surface area contributed by atoms with Gasteiger partial charge >= 0.3 is 0 Å². The van der Waals surface area contributed by atoms with E-state index in [1.807, 2.05) is 54.6 Å². The molecule has 0 spiro atoms. The first kappa shape index (κ1) is 14.8. The van der Waals surface area contributed by atoms with Crippen LogP contribution in [0.3, 0.4) is 0 Å². The average Bonchev–Trinajstić information content (AvgIpc) is 2.61. The second kappa shape index (κ2) is 6.36. The molecular weight excluding hydrogens is 290 g/mol. The standard InChI is InChI=1S/C18H17N3O2/c1-22-14-7-3-5-12(9-14)16-11-17(21-18(19)20-16)13-6-4-8-15(10-13)23-2/h3-11H,1-2H3,(H2,19,20,21). The summed E-state index contributed by atoms with van der Waals surface area (Å²) in [6, 6.07) is 17.2. The molecule has 3 rings (SSSR count). The quantitative estimate of drug-likeness (QED) is 0.800. The molecular formula is C18H17N3O2. The maximum atomic E-state index is 5.89. The molecule has 5 nitrogen and oxygen atoms in total. The van der Waals surface area contributed by atoms with Crippen molar-refractivity contribution < 1.29 is 9.47 Å². The molecule has 0 bridgehead atoms. The van der Waals surface area contributed by atoms with Crippen LogP contribution in [-0.2, 0) is 0 Å². The minimum atomic E-state index is 0.225. The third kappa shape index (κ3) is 3.23. The molecule has 23 heavy (non-hydrogen) atoms. The Morgan fingerprint density at radius 1 is 0.739 bits per heavy atom. The van der Waals surface area contributed by atoms with Gasteiger partial charge in [0.15, 0.2) is 0 Å². The van der Waals surface area contributed by atoms with Crippen molar-refractivity contribution in [2.45, 2.75) is 0 Å². The van der Waals surface area contributed by atoms with Crippen LogP contribution in [0.25, 0.3) is 22.5 Å². The number of aromatic nitrogens is 2. The Labute approximate surface area is 134 Å². The summed E-state index contributed by atoms with van der Waals surface area (Å²) in [6.07, 6.45) is 0. The highest BCUT2D eigenvalue weighted by Crippen LogP contribution is 2.28. The molecule has 3 aromatic rings. The summed E-state index contributed by atoms with van der Waals surface area (Å²) in [7, 11) is 3.27. The number of ether oxygens (including phenoxy) is 2. The molecule has 0 atom stereocenters. The van der Waals surface area contributed by atoms with Crippen molar-refractivity contribution in [3.8, 4) is 34.0 Å². The van der Waals surface area contributed by atoms with Gasteiger partial charge in [-0.25, -0.2) is 9.97 Å². The van der Waals surface area contributed by atoms with E-state index >= 15 is 0 Å². The van der Waals surface area contributed by atoms with E-state index in [2.05, 4.69) is 9.97 Å². The summed E-state index contributed by atoms with van der Waals surface area (Å²) in [5, 5.41) is 0. The Balaban J connectivity index is 2.08. The summed E-state index contributed by atoms with van der Waals surface area (Å²) in [5.74, 6) is 1.76. The van der Waals surface area contributed by atoms with Crippen LogP contribution in [-0.4, -0.2) is 24.2 Å². The van der Waals surface area contributed by atoms with Crippen LogP contribution in [0.2, 0.25) is 0 Å². The Kier molecular flexibility index (Phi) is 4.10. The van der Waals surface area contributed by atoms with Crippen molar-refractivity contribution in [1.82, 2.24) is 9.97 Å². The van der Waals surface area contributed by atoms with Gasteiger partial charge in [-0.1, -0.05) is 24.3 Å². The maximum Gasteiger partial charge on any atom is 0.221 e. The lowest BCUT2D eigenvalue weighted by Gasteiger charge is -2.08. The molecule has 0 fully saturated rings. The molecule has 116 valence electrons. The van der Waals surface area contributed by atoms with E-state index in [1.165, 1.54) is 0 Å². The molecule has 0 aliphatic rings. The Hall–Kier alpha value is -3.08. The topological polar surface area (TPSA) is 70.3 Å². The Morgan fingerprint density at radius 3 is 1.65 bits per heavy atom. The molecule has 1 aromatic heterocycles. The molecule has 0 amide bonds. The van der Waals surface area contributed by atoms with Crippen molar-refractivity contribution in [3.05, 3.63) is 54.6 Å². The molecule has 2 aromatic carbocycles. The predicted molar refractivity (Wildman–Crippen MR) is 90.4 cm³/mol. The van der Waals surface area contributed by atoms with Gasteiger partial charge in [-0.15, -0.1) is 0 Å². The zero-order valence-electron chi connectivity index (χ0n) is 13.0. The number of nitrogens with zero attached hydrogens (tertiary/aromatic N) is 2. The summed E-state index contributed by atoms with van der Waals surface area (Å²) in [4.78, 5) is 8.65. The second-order valence-corrected chi connectivity index (χ2v) is 4.96. The predicted octanol–water partition coefficient (Wildman–Crippen LogP) is 3.41. The average molecular weight is 307 g/mol. The lowest BCUT2D eigenvalue weighted by atomic mass is 10.1. The fourth-order valence-electron chi connectivity index (χ4n) is 2.33. The highest BCUT2D eigenvalue weighted by atomic mass is 16.5. The van der Waals surface area contributed by atoms with Crippen molar-refractivity contribution >= 4 is 5.95 Å². The van der Waals surface area contributed by atoms with Crippen LogP contribution < -0.4 is 15.2 Å². The SMILES string of the molecule is COc1cccc(-c2cc(-c3cccc(OC)c3)nc(N)n2)c1. The van der Waals surface area contributed by atoms with Crippen molar-refractivity contribution in [3.63, 3.8) is 0 Å². The van der Waals surface area contributed by atoms with E-state index in [0.717, 1.165) is 34.0 Å². The van der Waals surface area contributed by atoms with Crippen molar-refractivity contribution in [2.24, 2.45) is 0 Å². The lowest BCUT2D eigenvalue weighted by molar-refractivity contribution is 0.415. The van der Waals surface area contributed by atoms with Gasteiger partial charge in [0.1, 0.15) is 11.5 Å². The molecule has 0 aliphatic heterocycles. The van der Waals surface area contributed by atoms with Gasteiger partial charge in [-0.3, -0.25) is 0 Å². The summed E-state index contributed by atoms with van der Waals surface area (Å²) in [5.41, 5.74) is 9.22. The smallest absolute Gasteiger partial charge is 0.221 e. The molecule has 2 N–H and O–H groups in total. The third-order valence-corrected chi connectivity index (χ3v) is 3.47. The number of rotatable bonds is 4. The van der Waals surface area contributed by atoms with Crippen LogP contribution in [0, 0.1) is 0 Å². The fraction of sp³-hybridized carbons (Fsp3) is 0.111. The van der Waals surface area contributed by atoms with Crippen molar-refractivity contribution in [2.75, 3.05) is 20.0 Å². The Morgan fingerprint density at radius 2 is 1.22 bits per heavy atom. The number of nitrogens with two attached hydrogens (primary N) is 1. The minimum Gasteiger partial charge on any atom is -0.497 e. The molecule has 0 unspecified atom stereocenters. The molecule has 0 radical (unpaired) electrons. The number of nitrogen functional groups attached to an aromatic ring is 1. The second-order valence-electron chi connectivity index (χ2n) is 4.96. The normalized spacial score (nSPS) is 10.3. The van der Waals surface area contributed by atoms with E-state index in [1.54, 1.807) is 14.2 Å². The van der Waals surface area contributed by atoms with Gasteiger partial charge in [0.05, 0.1) is 25.6 Å². The zero-order valence-corrected chi connectivity index (χ0v) is 13.0. The van der Waals surface area contributed by atoms with Gasteiger partial charge in [0.25, 0.3) is 0 Å². The first-order valence-electron chi connectivity index (χ1n) is 7.13. The largest absolute Gasteiger partial charge is 0.497 e. The number of anilines is 1. The van der Waals surface area contributed by atoms with E-state index in [9.17, 15) is 0 Å². The highest BCUT2D eigenvalue weighted by molar-refractivity contribution is 5.70. The first-order chi connectivity index (χ1) is 11.2. The van der Waals surface area contributed by atoms with Crippen LogP contribution in [0.5, 0.6) is 11.5 Å². The third-order valence-electron chi connectivity index (χ3n) is 3.47. The number of hydrogen-bond donors (Lipinski definition) is 1. The first-order valence-corrected chi connectivity index (χ1v) is 7.13. The summed E-state index contributed by atoms with van der Waals surface area (Å²) < 4.78 is 10.5. The molecule has 5 heteroatoms. The summed E-state index contributed by atoms with van der Waals surface area (Å²) in [6.45, 7) is 0. The van der Waals surface area contributed by atoms with Crippen LogP contribution in [0.1, 0.15) is 0 Å². The molecule has 0 saturated heterocycles. The number of benzene rings is 2. The fourth-order valence-corrected chi connectivity index (χ4v) is 2.33. The van der Waals surface area contributed by atoms with Gasteiger partial charge < -0.3 is 15.2 Å². The van der Waals surface area contributed by atoms with E-state index in [0.29, 0.717) is 0 Å². The van der Waals surface area contributed by atoms with Crippen molar-refractivity contribution in [1.29, 1.82) is 0 Å². The lowest BCUT2D eigenvalue weighted by Crippen LogP contribution is -1.99. The van der Waals surface area contributed by atoms with Crippen LogP contribution in [0.4, 0.5) is 5.95 Å². The summed E-state index contributed by atoms with van der Waals surface area (Å²) >= 11 is 0.